The fourth-order valence-electron chi connectivity index (χ4n) is 2.38. The number of hydrogen-bond acceptors (Lipinski definition) is 5. The van der Waals surface area contributed by atoms with Gasteiger partial charge in [-0.2, -0.15) is 0 Å². The summed E-state index contributed by atoms with van der Waals surface area (Å²) in [5, 5.41) is 4.59. The molecule has 5 heteroatoms. The molecule has 0 atom stereocenters. The maximum Gasteiger partial charge on any atom is 0.339 e. The van der Waals surface area contributed by atoms with Gasteiger partial charge in [0.05, 0.1) is 25.3 Å². The summed E-state index contributed by atoms with van der Waals surface area (Å²) in [6.45, 7) is 0. The molecule has 0 spiro atoms. The molecule has 0 aliphatic carbocycles. The van der Waals surface area contributed by atoms with Crippen LogP contribution in [0.25, 0.3) is 20.9 Å². The fraction of sp³-hybridized carbons (Fsp3) is 0.125. The van der Waals surface area contributed by atoms with Gasteiger partial charge in [0.1, 0.15) is 0 Å². The maximum absolute atomic E-state index is 12.1. The van der Waals surface area contributed by atoms with Crippen LogP contribution >= 0.6 is 11.3 Å². The van der Waals surface area contributed by atoms with Crippen LogP contribution in [0.4, 0.5) is 0 Å². The van der Waals surface area contributed by atoms with Gasteiger partial charge in [-0.3, -0.25) is 0 Å². The first-order valence-electron chi connectivity index (χ1n) is 6.26. The lowest BCUT2D eigenvalue weighted by molar-refractivity contribution is 0.0557. The summed E-state index contributed by atoms with van der Waals surface area (Å²) in [6.07, 6.45) is 0. The average Bonchev–Trinajstić information content (AvgIpc) is 2.97. The average molecular weight is 300 g/mol. The van der Waals surface area contributed by atoms with Crippen LogP contribution in [0, 0.1) is 0 Å². The van der Waals surface area contributed by atoms with Crippen molar-refractivity contribution >= 4 is 44.1 Å². The molecule has 0 fully saturated rings. The first kappa shape index (κ1) is 13.6. The molecule has 0 unspecified atom stereocenters. The summed E-state index contributed by atoms with van der Waals surface area (Å²) < 4.78 is 10.7. The number of carbonyl (C=O) groups is 2. The molecule has 1 aromatic heterocycles. The van der Waals surface area contributed by atoms with E-state index in [1.54, 1.807) is 17.4 Å². The Bertz CT molecular complexity index is 863. The van der Waals surface area contributed by atoms with Gasteiger partial charge in [0.15, 0.2) is 0 Å². The lowest BCUT2D eigenvalue weighted by atomic mass is 9.98. The van der Waals surface area contributed by atoms with Crippen molar-refractivity contribution in [3.8, 4) is 0 Å². The molecule has 0 saturated carbocycles. The van der Waals surface area contributed by atoms with Crippen molar-refractivity contribution in [3.05, 3.63) is 46.8 Å². The predicted octanol–water partition coefficient (Wildman–Crippen LogP) is 3.63. The Morgan fingerprint density at radius 2 is 1.71 bits per heavy atom. The number of esters is 2. The Hall–Kier alpha value is -2.40. The molecular formula is C16H12O4S. The standard InChI is InChI=1S/C16H12O4S/c1-19-15(17)11-4-3-9-8-13-10(5-6-21-13)7-12(9)14(11)16(18)20-2/h3-8H,1-2H3. The largest absolute Gasteiger partial charge is 0.465 e. The van der Waals surface area contributed by atoms with E-state index in [1.807, 2.05) is 29.6 Å². The van der Waals surface area contributed by atoms with Gasteiger partial charge >= 0.3 is 11.9 Å². The van der Waals surface area contributed by atoms with Crippen molar-refractivity contribution < 1.29 is 19.1 Å². The molecule has 4 nitrogen and oxygen atoms in total. The Kier molecular flexibility index (Phi) is 3.35. The molecule has 106 valence electrons. The lowest BCUT2D eigenvalue weighted by Gasteiger charge is -2.10. The SMILES string of the molecule is COC(=O)c1ccc2cc3sccc3cc2c1C(=O)OC. The Labute approximate surface area is 124 Å². The van der Waals surface area contributed by atoms with Gasteiger partial charge in [-0.05, 0) is 45.8 Å². The van der Waals surface area contributed by atoms with E-state index in [2.05, 4.69) is 0 Å². The highest BCUT2D eigenvalue weighted by molar-refractivity contribution is 7.17. The van der Waals surface area contributed by atoms with Crippen LogP contribution in [0.3, 0.4) is 0 Å². The Morgan fingerprint density at radius 3 is 2.43 bits per heavy atom. The minimum absolute atomic E-state index is 0.214. The second-order valence-electron chi connectivity index (χ2n) is 4.50. The number of ether oxygens (including phenoxy) is 2. The van der Waals surface area contributed by atoms with Gasteiger partial charge in [-0.25, -0.2) is 9.59 Å². The number of fused-ring (bicyclic) bond motifs is 2. The van der Waals surface area contributed by atoms with Gasteiger partial charge in [0.25, 0.3) is 0 Å². The molecule has 1 heterocycles. The van der Waals surface area contributed by atoms with Gasteiger partial charge in [0, 0.05) is 4.70 Å². The highest BCUT2D eigenvalue weighted by Gasteiger charge is 2.21. The van der Waals surface area contributed by atoms with E-state index in [9.17, 15) is 9.59 Å². The van der Waals surface area contributed by atoms with Crippen molar-refractivity contribution in [3.63, 3.8) is 0 Å². The topological polar surface area (TPSA) is 52.6 Å². The number of rotatable bonds is 2. The third kappa shape index (κ3) is 2.15. The van der Waals surface area contributed by atoms with Gasteiger partial charge in [0.2, 0.25) is 0 Å². The van der Waals surface area contributed by atoms with Crippen LogP contribution in [-0.2, 0) is 9.47 Å². The van der Waals surface area contributed by atoms with Crippen LogP contribution in [0.15, 0.2) is 35.7 Å². The molecule has 21 heavy (non-hydrogen) atoms. The molecule has 2 aromatic carbocycles. The van der Waals surface area contributed by atoms with Crippen molar-refractivity contribution in [2.45, 2.75) is 0 Å². The van der Waals surface area contributed by atoms with E-state index >= 15 is 0 Å². The third-order valence-corrected chi connectivity index (χ3v) is 4.27. The normalized spacial score (nSPS) is 10.8. The molecule has 0 aliphatic rings. The van der Waals surface area contributed by atoms with Crippen LogP contribution in [0.5, 0.6) is 0 Å². The summed E-state index contributed by atoms with van der Waals surface area (Å²) in [5.74, 6) is -1.10. The third-order valence-electron chi connectivity index (χ3n) is 3.39. The first-order chi connectivity index (χ1) is 10.2. The molecule has 0 aliphatic heterocycles. The summed E-state index contributed by atoms with van der Waals surface area (Å²) in [4.78, 5) is 24.0. The van der Waals surface area contributed by atoms with Crippen LogP contribution in [0.1, 0.15) is 20.7 Å². The minimum atomic E-state index is -0.553. The van der Waals surface area contributed by atoms with E-state index in [0.717, 1.165) is 15.5 Å². The molecule has 0 radical (unpaired) electrons. The number of hydrogen-bond donors (Lipinski definition) is 0. The van der Waals surface area contributed by atoms with Crippen LogP contribution in [-0.4, -0.2) is 26.2 Å². The van der Waals surface area contributed by atoms with E-state index in [-0.39, 0.29) is 11.1 Å². The summed E-state index contributed by atoms with van der Waals surface area (Å²) in [6, 6.07) is 9.29. The zero-order chi connectivity index (χ0) is 15.0. The molecule has 0 bridgehead atoms. The molecule has 3 aromatic rings. The van der Waals surface area contributed by atoms with Gasteiger partial charge in [-0.1, -0.05) is 6.07 Å². The quantitative estimate of drug-likeness (QED) is 0.678. The second kappa shape index (κ2) is 5.18. The van der Waals surface area contributed by atoms with E-state index in [1.165, 1.54) is 14.2 Å². The Balaban J connectivity index is 2.41. The molecule has 0 saturated heterocycles. The number of benzene rings is 2. The fourth-order valence-corrected chi connectivity index (χ4v) is 3.20. The number of thiophene rings is 1. The summed E-state index contributed by atoms with van der Waals surface area (Å²) in [5.41, 5.74) is 0.460. The predicted molar refractivity (Wildman–Crippen MR) is 82.0 cm³/mol. The van der Waals surface area contributed by atoms with Crippen LogP contribution in [0.2, 0.25) is 0 Å². The zero-order valence-electron chi connectivity index (χ0n) is 11.5. The summed E-state index contributed by atoms with van der Waals surface area (Å²) in [7, 11) is 2.58. The maximum atomic E-state index is 12.1. The molecule has 3 rings (SSSR count). The lowest BCUT2D eigenvalue weighted by Crippen LogP contribution is -2.12. The van der Waals surface area contributed by atoms with Gasteiger partial charge < -0.3 is 9.47 Å². The second-order valence-corrected chi connectivity index (χ2v) is 5.45. The first-order valence-corrected chi connectivity index (χ1v) is 7.14. The Morgan fingerprint density at radius 1 is 0.952 bits per heavy atom. The summed E-state index contributed by atoms with van der Waals surface area (Å²) >= 11 is 1.63. The van der Waals surface area contributed by atoms with Crippen molar-refractivity contribution in [2.24, 2.45) is 0 Å². The van der Waals surface area contributed by atoms with Gasteiger partial charge in [-0.15, -0.1) is 11.3 Å². The number of methoxy groups -OCH3 is 2. The van der Waals surface area contributed by atoms with Crippen molar-refractivity contribution in [2.75, 3.05) is 14.2 Å². The smallest absolute Gasteiger partial charge is 0.339 e. The van der Waals surface area contributed by atoms with E-state index in [4.69, 9.17) is 9.47 Å². The van der Waals surface area contributed by atoms with Crippen molar-refractivity contribution in [1.29, 1.82) is 0 Å². The monoisotopic (exact) mass is 300 g/mol. The van der Waals surface area contributed by atoms with E-state index < -0.39 is 11.9 Å². The molecule has 0 N–H and O–H groups in total. The van der Waals surface area contributed by atoms with Crippen LogP contribution < -0.4 is 0 Å². The molecule has 0 amide bonds. The minimum Gasteiger partial charge on any atom is -0.465 e. The zero-order valence-corrected chi connectivity index (χ0v) is 12.3. The van der Waals surface area contributed by atoms with Crippen molar-refractivity contribution in [1.82, 2.24) is 0 Å². The molecular weight excluding hydrogens is 288 g/mol. The number of carbonyl (C=O) groups excluding carboxylic acids is 2. The highest BCUT2D eigenvalue weighted by atomic mass is 32.1. The van der Waals surface area contributed by atoms with E-state index in [0.29, 0.717) is 5.39 Å². The highest BCUT2D eigenvalue weighted by Crippen LogP contribution is 2.31.